The molecule has 0 bridgehead atoms. The van der Waals surface area contributed by atoms with Gasteiger partial charge in [-0.3, -0.25) is 0 Å². The largest absolute Gasteiger partial charge is 0.389 e. The van der Waals surface area contributed by atoms with Crippen LogP contribution in [0, 0.1) is 0 Å². The van der Waals surface area contributed by atoms with E-state index in [1.807, 2.05) is 6.07 Å². The highest BCUT2D eigenvalue weighted by molar-refractivity contribution is 4.97. The van der Waals surface area contributed by atoms with Gasteiger partial charge in [0.1, 0.15) is 6.33 Å². The van der Waals surface area contributed by atoms with Gasteiger partial charge in [0.25, 0.3) is 0 Å². The zero-order valence-electron chi connectivity index (χ0n) is 10.2. The number of nitrogens with one attached hydrogen (secondary N) is 1. The Balaban J connectivity index is 1.77. The minimum Gasteiger partial charge on any atom is -0.389 e. The summed E-state index contributed by atoms with van der Waals surface area (Å²) in [6, 6.07) is 1.89. The van der Waals surface area contributed by atoms with Crippen molar-refractivity contribution in [1.29, 1.82) is 0 Å². The molecule has 1 aliphatic rings. The molecule has 0 aliphatic heterocycles. The fraction of sp³-hybridized carbons (Fsp3) is 0.692. The smallest absolute Gasteiger partial charge is 0.115 e. The summed E-state index contributed by atoms with van der Waals surface area (Å²) in [6.07, 6.45) is 9.94. The van der Waals surface area contributed by atoms with Crippen LogP contribution in [0.1, 0.15) is 44.2 Å². The average molecular weight is 235 g/mol. The van der Waals surface area contributed by atoms with Gasteiger partial charge in [0, 0.05) is 19.3 Å². The highest BCUT2D eigenvalue weighted by Gasteiger charge is 2.27. The van der Waals surface area contributed by atoms with Gasteiger partial charge in [-0.05, 0) is 18.9 Å². The van der Waals surface area contributed by atoms with Crippen LogP contribution in [-0.2, 0) is 6.54 Å². The van der Waals surface area contributed by atoms with Crippen LogP contribution in [-0.4, -0.2) is 27.2 Å². The van der Waals surface area contributed by atoms with E-state index in [1.165, 1.54) is 12.8 Å². The first-order valence-electron chi connectivity index (χ1n) is 6.47. The van der Waals surface area contributed by atoms with Gasteiger partial charge >= 0.3 is 0 Å². The molecule has 2 N–H and O–H groups in total. The van der Waals surface area contributed by atoms with Crippen molar-refractivity contribution >= 4 is 0 Å². The molecule has 4 heteroatoms. The third kappa shape index (κ3) is 4.06. The lowest BCUT2D eigenvalue weighted by atomic mass is 9.94. The third-order valence-corrected chi connectivity index (χ3v) is 3.44. The minimum absolute atomic E-state index is 0.510. The Morgan fingerprint density at radius 1 is 1.24 bits per heavy atom. The quantitative estimate of drug-likeness (QED) is 0.779. The van der Waals surface area contributed by atoms with Crippen molar-refractivity contribution in [1.82, 2.24) is 15.3 Å². The first-order valence-corrected chi connectivity index (χ1v) is 6.47. The summed E-state index contributed by atoms with van der Waals surface area (Å²) in [5.74, 6) is 0. The van der Waals surface area contributed by atoms with Crippen molar-refractivity contribution in [2.75, 3.05) is 6.54 Å². The first-order chi connectivity index (χ1) is 8.29. The van der Waals surface area contributed by atoms with E-state index >= 15 is 0 Å². The molecule has 0 aromatic carbocycles. The van der Waals surface area contributed by atoms with Gasteiger partial charge in [0.15, 0.2) is 0 Å². The van der Waals surface area contributed by atoms with Crippen molar-refractivity contribution in [3.05, 3.63) is 24.3 Å². The van der Waals surface area contributed by atoms with Gasteiger partial charge in [-0.1, -0.05) is 25.7 Å². The van der Waals surface area contributed by atoms with E-state index in [9.17, 15) is 5.11 Å². The Kier molecular flexibility index (Phi) is 4.45. The van der Waals surface area contributed by atoms with E-state index < -0.39 is 5.60 Å². The summed E-state index contributed by atoms with van der Waals surface area (Å²) in [7, 11) is 0. The maximum Gasteiger partial charge on any atom is 0.115 e. The summed E-state index contributed by atoms with van der Waals surface area (Å²) >= 11 is 0. The molecule has 1 saturated carbocycles. The number of rotatable bonds is 4. The SMILES string of the molecule is OC1(CNCc2ccncn2)CCCCCC1. The Hall–Kier alpha value is -1.00. The van der Waals surface area contributed by atoms with Gasteiger partial charge in [-0.15, -0.1) is 0 Å². The predicted molar refractivity (Wildman–Crippen MR) is 66.4 cm³/mol. The van der Waals surface area contributed by atoms with Crippen LogP contribution in [0.15, 0.2) is 18.6 Å². The Bertz CT molecular complexity index is 321. The minimum atomic E-state index is -0.510. The highest BCUT2D eigenvalue weighted by atomic mass is 16.3. The monoisotopic (exact) mass is 235 g/mol. The van der Waals surface area contributed by atoms with Crippen LogP contribution in [0.4, 0.5) is 0 Å². The molecule has 0 spiro atoms. The first kappa shape index (κ1) is 12.5. The average Bonchev–Trinajstić information content (AvgIpc) is 2.56. The highest BCUT2D eigenvalue weighted by Crippen LogP contribution is 2.26. The summed E-state index contributed by atoms with van der Waals surface area (Å²) < 4.78 is 0. The molecule has 0 unspecified atom stereocenters. The van der Waals surface area contributed by atoms with Gasteiger partial charge < -0.3 is 10.4 Å². The van der Waals surface area contributed by atoms with Crippen molar-refractivity contribution in [3.63, 3.8) is 0 Å². The number of hydrogen-bond acceptors (Lipinski definition) is 4. The maximum absolute atomic E-state index is 10.4. The lowest BCUT2D eigenvalue weighted by molar-refractivity contribution is 0.0250. The number of hydrogen-bond donors (Lipinski definition) is 2. The molecule has 0 amide bonds. The second-order valence-corrected chi connectivity index (χ2v) is 4.94. The van der Waals surface area contributed by atoms with Crippen LogP contribution in [0.5, 0.6) is 0 Å². The van der Waals surface area contributed by atoms with E-state index in [0.717, 1.165) is 31.4 Å². The van der Waals surface area contributed by atoms with Gasteiger partial charge in [0.05, 0.1) is 11.3 Å². The second-order valence-electron chi connectivity index (χ2n) is 4.94. The molecular formula is C13H21N3O. The Labute approximate surface area is 102 Å². The topological polar surface area (TPSA) is 58.0 Å². The van der Waals surface area contributed by atoms with Crippen molar-refractivity contribution in [3.8, 4) is 0 Å². The molecule has 1 aliphatic carbocycles. The summed E-state index contributed by atoms with van der Waals surface area (Å²) in [5, 5.41) is 13.7. The molecule has 4 nitrogen and oxygen atoms in total. The fourth-order valence-electron chi connectivity index (χ4n) is 2.41. The van der Waals surface area contributed by atoms with Crippen LogP contribution in [0.3, 0.4) is 0 Å². The van der Waals surface area contributed by atoms with E-state index in [2.05, 4.69) is 15.3 Å². The van der Waals surface area contributed by atoms with E-state index in [0.29, 0.717) is 13.1 Å². The van der Waals surface area contributed by atoms with Gasteiger partial charge in [0.2, 0.25) is 0 Å². The summed E-state index contributed by atoms with van der Waals surface area (Å²) in [4.78, 5) is 8.03. The number of aliphatic hydroxyl groups is 1. The fourth-order valence-corrected chi connectivity index (χ4v) is 2.41. The van der Waals surface area contributed by atoms with E-state index in [-0.39, 0.29) is 0 Å². The maximum atomic E-state index is 10.4. The molecule has 2 rings (SSSR count). The second kappa shape index (κ2) is 6.07. The van der Waals surface area contributed by atoms with Crippen molar-refractivity contribution in [2.24, 2.45) is 0 Å². The van der Waals surface area contributed by atoms with Crippen molar-refractivity contribution in [2.45, 2.75) is 50.7 Å². The Morgan fingerprint density at radius 2 is 2.00 bits per heavy atom. The molecule has 94 valence electrons. The predicted octanol–water partition coefficient (Wildman–Crippen LogP) is 1.65. The summed E-state index contributed by atoms with van der Waals surface area (Å²) in [5.41, 5.74) is 0.459. The zero-order valence-corrected chi connectivity index (χ0v) is 10.2. The molecule has 0 saturated heterocycles. The standard InChI is InChI=1S/C13H21N3O/c17-13(6-3-1-2-4-7-13)10-15-9-12-5-8-14-11-16-12/h5,8,11,15,17H,1-4,6-7,9-10H2. The summed E-state index contributed by atoms with van der Waals surface area (Å²) in [6.45, 7) is 1.36. The molecule has 0 atom stereocenters. The molecule has 1 heterocycles. The third-order valence-electron chi connectivity index (χ3n) is 3.44. The Morgan fingerprint density at radius 3 is 2.65 bits per heavy atom. The number of nitrogens with zero attached hydrogens (tertiary/aromatic N) is 2. The van der Waals surface area contributed by atoms with Crippen LogP contribution in [0.25, 0.3) is 0 Å². The molecule has 0 radical (unpaired) electrons. The van der Waals surface area contributed by atoms with Crippen molar-refractivity contribution < 1.29 is 5.11 Å². The lowest BCUT2D eigenvalue weighted by Crippen LogP contribution is -2.40. The van der Waals surface area contributed by atoms with Crippen LogP contribution in [0.2, 0.25) is 0 Å². The van der Waals surface area contributed by atoms with Gasteiger partial charge in [-0.25, -0.2) is 9.97 Å². The number of aromatic nitrogens is 2. The molecular weight excluding hydrogens is 214 g/mol. The molecule has 1 aromatic rings. The normalized spacial score (nSPS) is 19.8. The van der Waals surface area contributed by atoms with E-state index in [1.54, 1.807) is 12.5 Å². The van der Waals surface area contributed by atoms with Gasteiger partial charge in [-0.2, -0.15) is 0 Å². The van der Waals surface area contributed by atoms with E-state index in [4.69, 9.17) is 0 Å². The van der Waals surface area contributed by atoms with Crippen LogP contribution >= 0.6 is 0 Å². The molecule has 1 fully saturated rings. The molecule has 17 heavy (non-hydrogen) atoms. The lowest BCUT2D eigenvalue weighted by Gasteiger charge is -2.26. The van der Waals surface area contributed by atoms with Crippen LogP contribution < -0.4 is 5.32 Å². The zero-order chi connectivity index (χ0) is 12.0. The molecule has 1 aromatic heterocycles.